The molecule has 0 radical (unpaired) electrons. The van der Waals surface area contributed by atoms with Gasteiger partial charge in [0, 0.05) is 0 Å². The summed E-state index contributed by atoms with van der Waals surface area (Å²) in [6.45, 7) is 3.51. The minimum Gasteiger partial charge on any atom is -0.497 e. The fourth-order valence-electron chi connectivity index (χ4n) is 2.26. The van der Waals surface area contributed by atoms with Gasteiger partial charge in [0.05, 0.1) is 12.0 Å². The number of carboxylic acid groups (broad SMARTS) is 1. The highest BCUT2D eigenvalue weighted by molar-refractivity contribution is 8.26. The van der Waals surface area contributed by atoms with Gasteiger partial charge in [0.1, 0.15) is 16.1 Å². The van der Waals surface area contributed by atoms with E-state index in [1.807, 2.05) is 12.1 Å². The van der Waals surface area contributed by atoms with Gasteiger partial charge in [-0.25, -0.2) is 4.79 Å². The fraction of sp³-hybridized carbons (Fsp3) is 0.312. The molecule has 23 heavy (non-hydrogen) atoms. The maximum atomic E-state index is 12.6. The van der Waals surface area contributed by atoms with Crippen LogP contribution in [-0.4, -0.2) is 39.4 Å². The van der Waals surface area contributed by atoms with E-state index in [4.69, 9.17) is 17.0 Å². The number of carboxylic acids is 1. The second kappa shape index (κ2) is 7.14. The molecule has 0 aromatic heterocycles. The Morgan fingerprint density at radius 2 is 1.96 bits per heavy atom. The quantitative estimate of drug-likeness (QED) is 0.650. The molecule has 0 spiro atoms. The number of hydrogen-bond acceptors (Lipinski definition) is 5. The lowest BCUT2D eigenvalue weighted by atomic mass is 10.0. The van der Waals surface area contributed by atoms with E-state index in [0.717, 1.165) is 23.1 Å². The second-order valence-corrected chi connectivity index (χ2v) is 7.03. The number of thiocarbonyl (C=S) groups is 1. The van der Waals surface area contributed by atoms with Gasteiger partial charge in [-0.05, 0) is 29.7 Å². The van der Waals surface area contributed by atoms with Crippen LogP contribution in [0.2, 0.25) is 0 Å². The lowest BCUT2D eigenvalue weighted by molar-refractivity contribution is -0.146. The Morgan fingerprint density at radius 3 is 2.43 bits per heavy atom. The number of carbonyl (C=O) groups is 2. The second-order valence-electron chi connectivity index (χ2n) is 5.35. The molecule has 2 rings (SSSR count). The fourth-order valence-corrected chi connectivity index (χ4v) is 3.59. The van der Waals surface area contributed by atoms with Gasteiger partial charge in [0.15, 0.2) is 0 Å². The molecule has 1 aliphatic heterocycles. The van der Waals surface area contributed by atoms with Crippen molar-refractivity contribution in [1.29, 1.82) is 0 Å². The third-order valence-electron chi connectivity index (χ3n) is 3.40. The zero-order valence-corrected chi connectivity index (χ0v) is 14.6. The molecule has 1 amide bonds. The number of ether oxygens (including phenoxy) is 1. The summed E-state index contributed by atoms with van der Waals surface area (Å²) < 4.78 is 5.37. The van der Waals surface area contributed by atoms with Gasteiger partial charge in [-0.15, -0.1) is 0 Å². The minimum absolute atomic E-state index is 0.240. The monoisotopic (exact) mass is 351 g/mol. The topological polar surface area (TPSA) is 66.8 Å². The van der Waals surface area contributed by atoms with Gasteiger partial charge >= 0.3 is 5.97 Å². The van der Waals surface area contributed by atoms with Crippen molar-refractivity contribution >= 4 is 46.3 Å². The normalized spacial score (nSPS) is 17.9. The van der Waals surface area contributed by atoms with E-state index in [1.54, 1.807) is 39.2 Å². The summed E-state index contributed by atoms with van der Waals surface area (Å²) in [5, 5.41) is 9.38. The highest BCUT2D eigenvalue weighted by Crippen LogP contribution is 2.35. The smallest absolute Gasteiger partial charge is 0.327 e. The molecule has 1 saturated heterocycles. The first-order chi connectivity index (χ1) is 10.8. The van der Waals surface area contributed by atoms with Crippen LogP contribution in [0, 0.1) is 5.92 Å². The summed E-state index contributed by atoms with van der Waals surface area (Å²) in [7, 11) is 1.58. The largest absolute Gasteiger partial charge is 0.497 e. The zero-order chi connectivity index (χ0) is 17.1. The van der Waals surface area contributed by atoms with Crippen molar-refractivity contribution in [3.05, 3.63) is 34.7 Å². The molecular weight excluding hydrogens is 334 g/mol. The van der Waals surface area contributed by atoms with E-state index >= 15 is 0 Å². The van der Waals surface area contributed by atoms with Crippen LogP contribution in [0.3, 0.4) is 0 Å². The summed E-state index contributed by atoms with van der Waals surface area (Å²) in [6, 6.07) is 6.27. The Bertz CT molecular complexity index is 667. The summed E-state index contributed by atoms with van der Waals surface area (Å²) in [4.78, 5) is 25.6. The number of hydrogen-bond donors (Lipinski definition) is 1. The van der Waals surface area contributed by atoms with Crippen molar-refractivity contribution < 1.29 is 19.4 Å². The SMILES string of the molecule is COc1ccc(C=C2SC(=S)N(C(C(=O)O)C(C)C)C2=O)cc1. The predicted octanol–water partition coefficient (Wildman–Crippen LogP) is 3.01. The van der Waals surface area contributed by atoms with Gasteiger partial charge < -0.3 is 9.84 Å². The summed E-state index contributed by atoms with van der Waals surface area (Å²) in [5.41, 5.74) is 0.822. The molecule has 1 aliphatic rings. The van der Waals surface area contributed by atoms with E-state index in [9.17, 15) is 14.7 Å². The molecule has 0 bridgehead atoms. The average Bonchev–Trinajstić information content (AvgIpc) is 2.75. The first-order valence-corrected chi connectivity index (χ1v) is 8.21. The molecule has 7 heteroatoms. The van der Waals surface area contributed by atoms with Crippen LogP contribution in [0.4, 0.5) is 0 Å². The van der Waals surface area contributed by atoms with Crippen LogP contribution in [0.1, 0.15) is 19.4 Å². The van der Waals surface area contributed by atoms with Gasteiger partial charge in [-0.1, -0.05) is 50.0 Å². The number of methoxy groups -OCH3 is 1. The average molecular weight is 351 g/mol. The number of benzene rings is 1. The van der Waals surface area contributed by atoms with E-state index in [2.05, 4.69) is 0 Å². The van der Waals surface area contributed by atoms with E-state index in [0.29, 0.717) is 4.91 Å². The summed E-state index contributed by atoms with van der Waals surface area (Å²) >= 11 is 6.33. The molecule has 1 aromatic carbocycles. The molecule has 0 saturated carbocycles. The van der Waals surface area contributed by atoms with Gasteiger partial charge in [0.2, 0.25) is 0 Å². The highest BCUT2D eigenvalue weighted by Gasteiger charge is 2.41. The molecular formula is C16H17NO4S2. The van der Waals surface area contributed by atoms with Crippen molar-refractivity contribution in [2.24, 2.45) is 5.92 Å². The number of thioether (sulfide) groups is 1. The number of carbonyl (C=O) groups excluding carboxylic acids is 1. The zero-order valence-electron chi connectivity index (χ0n) is 13.0. The van der Waals surface area contributed by atoms with Gasteiger partial charge in [-0.3, -0.25) is 9.69 Å². The molecule has 1 fully saturated rings. The molecule has 0 aliphatic carbocycles. The Kier molecular flexibility index (Phi) is 5.43. The minimum atomic E-state index is -1.05. The lowest BCUT2D eigenvalue weighted by Gasteiger charge is -2.26. The van der Waals surface area contributed by atoms with E-state index < -0.39 is 12.0 Å². The highest BCUT2D eigenvalue weighted by atomic mass is 32.2. The lowest BCUT2D eigenvalue weighted by Crippen LogP contribution is -2.47. The summed E-state index contributed by atoms with van der Waals surface area (Å²) in [5.74, 6) is -0.935. The molecule has 5 nitrogen and oxygen atoms in total. The molecule has 1 N–H and O–H groups in total. The van der Waals surface area contributed by atoms with Crippen LogP contribution in [0.15, 0.2) is 29.2 Å². The third-order valence-corrected chi connectivity index (χ3v) is 4.73. The maximum Gasteiger partial charge on any atom is 0.327 e. The van der Waals surface area contributed by atoms with Crippen LogP contribution >= 0.6 is 24.0 Å². The number of nitrogens with zero attached hydrogens (tertiary/aromatic N) is 1. The van der Waals surface area contributed by atoms with Gasteiger partial charge in [-0.2, -0.15) is 0 Å². The number of aliphatic carboxylic acids is 1. The molecule has 1 unspecified atom stereocenters. The van der Waals surface area contributed by atoms with Crippen LogP contribution in [0.25, 0.3) is 6.08 Å². The standard InChI is InChI=1S/C16H17NO4S2/c1-9(2)13(15(19)20)17-14(18)12(23-16(17)22)8-10-4-6-11(21-3)7-5-10/h4-9,13H,1-3H3,(H,19,20). The van der Waals surface area contributed by atoms with E-state index in [-0.39, 0.29) is 16.1 Å². The Morgan fingerprint density at radius 1 is 1.35 bits per heavy atom. The van der Waals surface area contributed by atoms with Gasteiger partial charge in [0.25, 0.3) is 5.91 Å². The molecule has 122 valence electrons. The van der Waals surface area contributed by atoms with Crippen molar-refractivity contribution in [2.45, 2.75) is 19.9 Å². The van der Waals surface area contributed by atoms with E-state index in [1.165, 1.54) is 4.90 Å². The summed E-state index contributed by atoms with van der Waals surface area (Å²) in [6.07, 6.45) is 1.71. The molecule has 1 aromatic rings. The van der Waals surface area contributed by atoms with Crippen LogP contribution in [0.5, 0.6) is 5.75 Å². The Balaban J connectivity index is 2.29. The first-order valence-electron chi connectivity index (χ1n) is 6.99. The van der Waals surface area contributed by atoms with Crippen LogP contribution in [-0.2, 0) is 9.59 Å². The van der Waals surface area contributed by atoms with Crippen molar-refractivity contribution in [3.8, 4) is 5.75 Å². The first kappa shape index (κ1) is 17.5. The Labute approximate surface area is 144 Å². The predicted molar refractivity (Wildman–Crippen MR) is 94.3 cm³/mol. The third kappa shape index (κ3) is 3.73. The maximum absolute atomic E-state index is 12.6. The van der Waals surface area contributed by atoms with Crippen molar-refractivity contribution in [2.75, 3.05) is 7.11 Å². The van der Waals surface area contributed by atoms with Crippen molar-refractivity contribution in [3.63, 3.8) is 0 Å². The van der Waals surface area contributed by atoms with Crippen molar-refractivity contribution in [1.82, 2.24) is 4.90 Å². The Hall–Kier alpha value is -1.86. The molecule has 1 atom stereocenters. The van der Waals surface area contributed by atoms with Crippen LogP contribution < -0.4 is 4.74 Å². The number of amides is 1. The molecule has 1 heterocycles. The number of rotatable bonds is 5.